The number of nitrogen functional groups attached to an aromatic ring is 1. The molecule has 92 valence electrons. The Morgan fingerprint density at radius 3 is 2.78 bits per heavy atom. The van der Waals surface area contributed by atoms with Crippen LogP contribution < -0.4 is 11.1 Å². The van der Waals surface area contributed by atoms with E-state index < -0.39 is 0 Å². The van der Waals surface area contributed by atoms with Gasteiger partial charge < -0.3 is 11.1 Å². The number of benzene rings is 1. The van der Waals surface area contributed by atoms with Gasteiger partial charge in [-0.15, -0.1) is 0 Å². The molecule has 0 saturated heterocycles. The molecule has 0 unspecified atom stereocenters. The molecule has 0 fully saturated rings. The molecule has 0 aliphatic carbocycles. The van der Waals surface area contributed by atoms with E-state index in [1.165, 1.54) is 6.20 Å². The lowest BCUT2D eigenvalue weighted by Crippen LogP contribution is -2.15. The third kappa shape index (κ3) is 2.79. The van der Waals surface area contributed by atoms with Crippen molar-refractivity contribution in [1.82, 2.24) is 4.98 Å². The van der Waals surface area contributed by atoms with Gasteiger partial charge in [0.15, 0.2) is 0 Å². The van der Waals surface area contributed by atoms with Crippen LogP contribution in [0.4, 0.5) is 11.5 Å². The second-order valence-corrected chi connectivity index (χ2v) is 5.03. The Hall–Kier alpha value is -1.63. The van der Waals surface area contributed by atoms with E-state index in [4.69, 9.17) is 5.73 Å². The highest BCUT2D eigenvalue weighted by molar-refractivity contribution is 14.1. The smallest absolute Gasteiger partial charge is 0.257 e. The van der Waals surface area contributed by atoms with Gasteiger partial charge >= 0.3 is 0 Å². The Morgan fingerprint density at radius 1 is 1.39 bits per heavy atom. The van der Waals surface area contributed by atoms with Gasteiger partial charge in [0.05, 0.1) is 17.4 Å². The van der Waals surface area contributed by atoms with E-state index in [0.29, 0.717) is 17.1 Å². The van der Waals surface area contributed by atoms with Crippen molar-refractivity contribution in [3.05, 3.63) is 51.2 Å². The molecule has 2 rings (SSSR count). The summed E-state index contributed by atoms with van der Waals surface area (Å²) in [5.74, 6) is 0.370. The molecule has 0 atom stereocenters. The number of amides is 1. The van der Waals surface area contributed by atoms with E-state index in [9.17, 15) is 4.79 Å². The van der Waals surface area contributed by atoms with Crippen molar-refractivity contribution in [3.63, 3.8) is 0 Å². The molecule has 0 spiro atoms. The number of halogens is 1. The summed E-state index contributed by atoms with van der Waals surface area (Å²) in [7, 11) is 0. The average molecular weight is 353 g/mol. The maximum Gasteiger partial charge on any atom is 0.257 e. The van der Waals surface area contributed by atoms with Crippen molar-refractivity contribution in [1.29, 1.82) is 0 Å². The third-order valence-electron chi connectivity index (χ3n) is 2.45. The number of hydrogen-bond acceptors (Lipinski definition) is 3. The number of carbonyl (C=O) groups excluding carboxylic acids is 1. The summed E-state index contributed by atoms with van der Waals surface area (Å²) < 4.78 is 0.903. The van der Waals surface area contributed by atoms with Crippen LogP contribution in [0.2, 0.25) is 0 Å². The zero-order valence-corrected chi connectivity index (χ0v) is 11.9. The van der Waals surface area contributed by atoms with E-state index in [1.807, 2.05) is 25.1 Å². The molecule has 1 amide bonds. The molecule has 1 heterocycles. The molecule has 18 heavy (non-hydrogen) atoms. The molecular formula is C13H12IN3O. The average Bonchev–Trinajstić information content (AvgIpc) is 2.33. The predicted octanol–water partition coefficient (Wildman–Crippen LogP) is 2.83. The summed E-state index contributed by atoms with van der Waals surface area (Å²) in [4.78, 5) is 16.2. The number of nitrogens with zero attached hydrogens (tertiary/aromatic N) is 1. The van der Waals surface area contributed by atoms with Gasteiger partial charge in [-0.1, -0.05) is 12.1 Å². The molecule has 3 N–H and O–H groups in total. The topological polar surface area (TPSA) is 68.0 Å². The number of nitrogens with one attached hydrogen (secondary N) is 1. The van der Waals surface area contributed by atoms with Crippen molar-refractivity contribution in [3.8, 4) is 0 Å². The molecule has 2 aromatic rings. The lowest BCUT2D eigenvalue weighted by Gasteiger charge is -2.08. The van der Waals surface area contributed by atoms with Crippen LogP contribution in [-0.4, -0.2) is 10.9 Å². The van der Waals surface area contributed by atoms with Crippen molar-refractivity contribution < 1.29 is 4.79 Å². The Morgan fingerprint density at radius 2 is 2.11 bits per heavy atom. The van der Waals surface area contributed by atoms with E-state index in [0.717, 1.165) is 9.13 Å². The van der Waals surface area contributed by atoms with E-state index in [-0.39, 0.29) is 5.91 Å². The first-order valence-corrected chi connectivity index (χ1v) is 6.44. The van der Waals surface area contributed by atoms with Crippen molar-refractivity contribution in [2.24, 2.45) is 0 Å². The third-order valence-corrected chi connectivity index (χ3v) is 3.39. The van der Waals surface area contributed by atoms with Crippen LogP contribution in [0, 0.1) is 10.5 Å². The number of aromatic nitrogens is 1. The standard InChI is InChI=1S/C13H12IN3O/c1-8-6-9(15)7-16-12(8)17-13(18)10-4-2-3-5-11(10)14/h2-7H,15H2,1H3,(H,16,17,18). The molecule has 4 nitrogen and oxygen atoms in total. The van der Waals surface area contributed by atoms with E-state index >= 15 is 0 Å². The number of pyridine rings is 1. The molecule has 0 aliphatic rings. The first-order valence-electron chi connectivity index (χ1n) is 5.36. The van der Waals surface area contributed by atoms with Crippen LogP contribution >= 0.6 is 22.6 Å². The Bertz CT molecular complexity index is 599. The summed E-state index contributed by atoms with van der Waals surface area (Å²) in [6, 6.07) is 9.17. The predicted molar refractivity (Wildman–Crippen MR) is 80.5 cm³/mol. The minimum absolute atomic E-state index is 0.166. The Kier molecular flexibility index (Phi) is 3.81. The fraction of sp³-hybridized carbons (Fsp3) is 0.0769. The zero-order valence-electron chi connectivity index (χ0n) is 9.77. The molecule has 0 aliphatic heterocycles. The maximum absolute atomic E-state index is 12.1. The summed E-state index contributed by atoms with van der Waals surface area (Å²) >= 11 is 2.13. The highest BCUT2D eigenvalue weighted by Crippen LogP contribution is 2.17. The fourth-order valence-corrected chi connectivity index (χ4v) is 2.18. The van der Waals surface area contributed by atoms with E-state index in [2.05, 4.69) is 32.9 Å². The number of nitrogens with two attached hydrogens (primary N) is 1. The molecule has 1 aromatic carbocycles. The summed E-state index contributed by atoms with van der Waals surface area (Å²) in [5.41, 5.74) is 7.68. The quantitative estimate of drug-likeness (QED) is 0.816. The minimum atomic E-state index is -0.166. The van der Waals surface area contributed by atoms with Crippen LogP contribution in [0.15, 0.2) is 36.5 Å². The molecule has 0 radical (unpaired) electrons. The first-order chi connectivity index (χ1) is 8.58. The highest BCUT2D eigenvalue weighted by atomic mass is 127. The lowest BCUT2D eigenvalue weighted by molar-refractivity contribution is 0.102. The van der Waals surface area contributed by atoms with Crippen LogP contribution in [0.25, 0.3) is 0 Å². The number of carbonyl (C=O) groups is 1. The lowest BCUT2D eigenvalue weighted by atomic mass is 10.2. The monoisotopic (exact) mass is 353 g/mol. The largest absolute Gasteiger partial charge is 0.397 e. The van der Waals surface area contributed by atoms with Gasteiger partial charge in [-0.3, -0.25) is 4.79 Å². The first kappa shape index (κ1) is 12.8. The number of aryl methyl sites for hydroxylation is 1. The molecule has 1 aromatic heterocycles. The second-order valence-electron chi connectivity index (χ2n) is 3.87. The van der Waals surface area contributed by atoms with Gasteiger partial charge in [0.2, 0.25) is 0 Å². The normalized spacial score (nSPS) is 10.1. The number of rotatable bonds is 2. The van der Waals surface area contributed by atoms with Crippen LogP contribution in [0.3, 0.4) is 0 Å². The number of anilines is 2. The molecule has 0 saturated carbocycles. The Labute approximate surface area is 119 Å². The molecular weight excluding hydrogens is 341 g/mol. The zero-order chi connectivity index (χ0) is 13.1. The van der Waals surface area contributed by atoms with Crippen LogP contribution in [0.5, 0.6) is 0 Å². The number of hydrogen-bond donors (Lipinski definition) is 2. The van der Waals surface area contributed by atoms with Crippen molar-refractivity contribution in [2.45, 2.75) is 6.92 Å². The summed E-state index contributed by atoms with van der Waals surface area (Å²) in [6.07, 6.45) is 1.53. The molecule has 5 heteroatoms. The van der Waals surface area contributed by atoms with Gasteiger partial charge in [-0.05, 0) is 53.3 Å². The summed E-state index contributed by atoms with van der Waals surface area (Å²) in [5, 5.41) is 2.78. The molecule has 0 bridgehead atoms. The summed E-state index contributed by atoms with van der Waals surface area (Å²) in [6.45, 7) is 1.86. The van der Waals surface area contributed by atoms with Crippen molar-refractivity contribution >= 4 is 40.0 Å². The van der Waals surface area contributed by atoms with Gasteiger partial charge in [0.25, 0.3) is 5.91 Å². The van der Waals surface area contributed by atoms with Gasteiger partial charge in [-0.25, -0.2) is 4.98 Å². The highest BCUT2D eigenvalue weighted by Gasteiger charge is 2.11. The second kappa shape index (κ2) is 5.34. The van der Waals surface area contributed by atoms with Gasteiger partial charge in [0, 0.05) is 3.57 Å². The van der Waals surface area contributed by atoms with E-state index in [1.54, 1.807) is 12.1 Å². The van der Waals surface area contributed by atoms with Crippen LogP contribution in [-0.2, 0) is 0 Å². The SMILES string of the molecule is Cc1cc(N)cnc1NC(=O)c1ccccc1I. The van der Waals surface area contributed by atoms with Gasteiger partial charge in [-0.2, -0.15) is 0 Å². The van der Waals surface area contributed by atoms with Crippen LogP contribution in [0.1, 0.15) is 15.9 Å². The minimum Gasteiger partial charge on any atom is -0.397 e. The maximum atomic E-state index is 12.1. The van der Waals surface area contributed by atoms with Crippen molar-refractivity contribution in [2.75, 3.05) is 11.1 Å². The Balaban J connectivity index is 2.24. The van der Waals surface area contributed by atoms with Gasteiger partial charge in [0.1, 0.15) is 5.82 Å². The fourth-order valence-electron chi connectivity index (χ4n) is 1.55.